The molecule has 1 atom stereocenters. The average Bonchev–Trinajstić information content (AvgIpc) is 3.34. The fourth-order valence-electron chi connectivity index (χ4n) is 3.45. The molecular weight excluding hydrogens is 475 g/mol. The molecule has 0 spiro atoms. The number of aromatic nitrogens is 4. The zero-order chi connectivity index (χ0) is 22.3. The minimum atomic E-state index is -4.60. The minimum Gasteiger partial charge on any atom is -0.307 e. The van der Waals surface area contributed by atoms with Gasteiger partial charge in [-0.2, -0.15) is 23.4 Å². The van der Waals surface area contributed by atoms with Crippen molar-refractivity contribution >= 4 is 27.7 Å². The number of hydrogen-bond donors (Lipinski definition) is 1. The second-order valence-corrected chi connectivity index (χ2v) is 8.55. The van der Waals surface area contributed by atoms with Crippen LogP contribution in [-0.2, 0) is 17.5 Å². The van der Waals surface area contributed by atoms with Crippen molar-refractivity contribution in [3.63, 3.8) is 0 Å². The Hall–Kier alpha value is -2.62. The molecule has 0 aliphatic heterocycles. The molecule has 1 N–H and O–H groups in total. The van der Waals surface area contributed by atoms with Gasteiger partial charge in [-0.05, 0) is 53.7 Å². The summed E-state index contributed by atoms with van der Waals surface area (Å²) in [5.74, 6) is -0.172. The Morgan fingerprint density at radius 1 is 1.26 bits per heavy atom. The summed E-state index contributed by atoms with van der Waals surface area (Å²) < 4.78 is 42.8. The molecular formula is C21H21BrF3N5O. The predicted molar refractivity (Wildman–Crippen MR) is 113 cm³/mol. The summed E-state index contributed by atoms with van der Waals surface area (Å²) in [5.41, 5.74) is 1.65. The van der Waals surface area contributed by atoms with Crippen molar-refractivity contribution < 1.29 is 18.0 Å². The van der Waals surface area contributed by atoms with Gasteiger partial charge >= 0.3 is 6.18 Å². The van der Waals surface area contributed by atoms with Crippen LogP contribution in [0.15, 0.2) is 41.0 Å². The van der Waals surface area contributed by atoms with E-state index in [1.807, 2.05) is 31.2 Å². The summed E-state index contributed by atoms with van der Waals surface area (Å²) in [5, 5.41) is 10.8. The Labute approximate surface area is 185 Å². The lowest BCUT2D eigenvalue weighted by atomic mass is 10.1. The number of anilines is 1. The van der Waals surface area contributed by atoms with Gasteiger partial charge < -0.3 is 5.32 Å². The normalized spacial score (nSPS) is 15.2. The van der Waals surface area contributed by atoms with Gasteiger partial charge in [-0.3, -0.25) is 14.2 Å². The number of rotatable bonds is 6. The Bertz CT molecular complexity index is 1120. The summed E-state index contributed by atoms with van der Waals surface area (Å²) in [7, 11) is 0. The number of hydrogen-bond acceptors (Lipinski definition) is 3. The lowest BCUT2D eigenvalue weighted by Gasteiger charge is -2.15. The van der Waals surface area contributed by atoms with E-state index < -0.39 is 23.8 Å². The largest absolute Gasteiger partial charge is 0.436 e. The van der Waals surface area contributed by atoms with E-state index in [2.05, 4.69) is 31.4 Å². The molecule has 0 saturated heterocycles. The summed E-state index contributed by atoms with van der Waals surface area (Å²) in [6.07, 6.45) is -1.30. The van der Waals surface area contributed by atoms with Crippen LogP contribution in [0.5, 0.6) is 0 Å². The number of amides is 1. The first-order valence-electron chi connectivity index (χ1n) is 9.89. The number of carbonyl (C=O) groups is 1. The molecule has 1 aliphatic rings. The van der Waals surface area contributed by atoms with Crippen LogP contribution in [0.2, 0.25) is 0 Å². The third-order valence-corrected chi connectivity index (χ3v) is 6.13. The van der Waals surface area contributed by atoms with Gasteiger partial charge in [0.05, 0.1) is 16.7 Å². The van der Waals surface area contributed by atoms with E-state index in [1.54, 1.807) is 16.9 Å². The zero-order valence-electron chi connectivity index (χ0n) is 16.9. The number of aryl methyl sites for hydroxylation is 1. The van der Waals surface area contributed by atoms with E-state index in [1.165, 1.54) is 11.6 Å². The van der Waals surface area contributed by atoms with Crippen LogP contribution < -0.4 is 5.32 Å². The third kappa shape index (κ3) is 4.53. The molecule has 1 saturated carbocycles. The van der Waals surface area contributed by atoms with Crippen LogP contribution in [0.25, 0.3) is 0 Å². The highest BCUT2D eigenvalue weighted by molar-refractivity contribution is 9.10. The lowest BCUT2D eigenvalue weighted by Crippen LogP contribution is -2.26. The van der Waals surface area contributed by atoms with Crippen LogP contribution >= 0.6 is 15.9 Å². The van der Waals surface area contributed by atoms with Crippen molar-refractivity contribution in [1.82, 2.24) is 19.6 Å². The van der Waals surface area contributed by atoms with Gasteiger partial charge in [-0.15, -0.1) is 0 Å². The smallest absolute Gasteiger partial charge is 0.307 e. The molecule has 1 amide bonds. The standard InChI is InChI=1S/C21H21BrF3N5O/c1-12-5-3-4-6-15(12)11-29-10-9-16(27-29)26-20(31)13(2)30-18(14-7-8-14)17(22)19(28-30)21(23,24)25/h3-6,9-10,13-14H,7-8,11H2,1-2H3,(H,26,27,31). The van der Waals surface area contributed by atoms with Gasteiger partial charge in [0.1, 0.15) is 6.04 Å². The van der Waals surface area contributed by atoms with E-state index in [0.717, 1.165) is 24.0 Å². The second-order valence-electron chi connectivity index (χ2n) is 7.75. The van der Waals surface area contributed by atoms with Crippen LogP contribution in [-0.4, -0.2) is 25.5 Å². The quantitative estimate of drug-likeness (QED) is 0.504. The SMILES string of the molecule is Cc1ccccc1Cn1ccc(NC(=O)C(C)n2nc(C(F)(F)F)c(Br)c2C2CC2)n1. The first kappa shape index (κ1) is 21.6. The summed E-state index contributed by atoms with van der Waals surface area (Å²) in [6.45, 7) is 4.09. The van der Waals surface area contributed by atoms with Gasteiger partial charge in [-0.1, -0.05) is 24.3 Å². The summed E-state index contributed by atoms with van der Waals surface area (Å²) in [4.78, 5) is 12.8. The molecule has 1 unspecified atom stereocenters. The van der Waals surface area contributed by atoms with Crippen molar-refractivity contribution in [2.75, 3.05) is 5.32 Å². The number of nitrogens with zero attached hydrogens (tertiary/aromatic N) is 4. The average molecular weight is 496 g/mol. The molecule has 1 fully saturated rings. The number of halogens is 4. The van der Waals surface area contributed by atoms with Gasteiger partial charge in [-0.25, -0.2) is 0 Å². The molecule has 2 heterocycles. The fourth-order valence-corrected chi connectivity index (χ4v) is 4.26. The zero-order valence-corrected chi connectivity index (χ0v) is 18.5. The Kier molecular flexibility index (Phi) is 5.67. The van der Waals surface area contributed by atoms with Crippen molar-refractivity contribution in [3.8, 4) is 0 Å². The molecule has 31 heavy (non-hydrogen) atoms. The Balaban J connectivity index is 1.51. The van der Waals surface area contributed by atoms with E-state index in [0.29, 0.717) is 18.1 Å². The highest BCUT2D eigenvalue weighted by Gasteiger charge is 2.43. The van der Waals surface area contributed by atoms with E-state index >= 15 is 0 Å². The molecule has 6 nitrogen and oxygen atoms in total. The first-order chi connectivity index (χ1) is 14.6. The van der Waals surface area contributed by atoms with E-state index in [4.69, 9.17) is 0 Å². The molecule has 0 bridgehead atoms. The molecule has 1 aliphatic carbocycles. The third-order valence-electron chi connectivity index (χ3n) is 5.35. The molecule has 0 radical (unpaired) electrons. The first-order valence-corrected chi connectivity index (χ1v) is 10.7. The number of alkyl halides is 3. The minimum absolute atomic E-state index is 0.0263. The highest BCUT2D eigenvalue weighted by Crippen LogP contribution is 2.47. The van der Waals surface area contributed by atoms with Crippen molar-refractivity contribution in [2.45, 2.75) is 51.4 Å². The summed E-state index contributed by atoms with van der Waals surface area (Å²) >= 11 is 3.05. The highest BCUT2D eigenvalue weighted by atomic mass is 79.9. The molecule has 3 aromatic rings. The van der Waals surface area contributed by atoms with Crippen LogP contribution in [0, 0.1) is 6.92 Å². The molecule has 164 valence electrons. The monoisotopic (exact) mass is 495 g/mol. The van der Waals surface area contributed by atoms with Crippen molar-refractivity contribution in [2.24, 2.45) is 0 Å². The van der Waals surface area contributed by atoms with Gasteiger partial charge in [0.2, 0.25) is 5.91 Å². The number of benzene rings is 1. The second kappa shape index (κ2) is 8.14. The Morgan fingerprint density at radius 2 is 1.97 bits per heavy atom. The van der Waals surface area contributed by atoms with Gasteiger partial charge in [0.25, 0.3) is 0 Å². The maximum atomic E-state index is 13.3. The molecule has 2 aromatic heterocycles. The van der Waals surface area contributed by atoms with Crippen molar-refractivity contribution in [1.29, 1.82) is 0 Å². The fraction of sp³-hybridized carbons (Fsp3) is 0.381. The van der Waals surface area contributed by atoms with Crippen molar-refractivity contribution in [3.05, 3.63) is 63.5 Å². The van der Waals surface area contributed by atoms with E-state index in [9.17, 15) is 18.0 Å². The molecule has 4 rings (SSSR count). The van der Waals surface area contributed by atoms with Gasteiger partial charge in [0, 0.05) is 18.2 Å². The topological polar surface area (TPSA) is 64.7 Å². The predicted octanol–water partition coefficient (Wildman–Crippen LogP) is 5.29. The van der Waals surface area contributed by atoms with Crippen LogP contribution in [0.3, 0.4) is 0 Å². The van der Waals surface area contributed by atoms with Crippen LogP contribution in [0.1, 0.15) is 54.2 Å². The molecule has 10 heteroatoms. The van der Waals surface area contributed by atoms with E-state index in [-0.39, 0.29) is 10.4 Å². The lowest BCUT2D eigenvalue weighted by molar-refractivity contribution is -0.142. The molecule has 1 aromatic carbocycles. The summed E-state index contributed by atoms with van der Waals surface area (Å²) in [6, 6.07) is 8.66. The maximum absolute atomic E-state index is 13.3. The Morgan fingerprint density at radius 3 is 2.61 bits per heavy atom. The number of nitrogens with one attached hydrogen (secondary N) is 1. The maximum Gasteiger partial charge on any atom is 0.436 e. The van der Waals surface area contributed by atoms with Gasteiger partial charge in [0.15, 0.2) is 11.5 Å². The number of carbonyl (C=O) groups excluding carboxylic acids is 1. The van der Waals surface area contributed by atoms with Crippen LogP contribution in [0.4, 0.5) is 19.0 Å².